The van der Waals surface area contributed by atoms with Gasteiger partial charge in [0.1, 0.15) is 18.2 Å². The Balaban J connectivity index is 1.66. The normalized spacial score (nSPS) is 21.9. The van der Waals surface area contributed by atoms with Crippen LogP contribution >= 0.6 is 0 Å². The van der Waals surface area contributed by atoms with Gasteiger partial charge in [-0.2, -0.15) is 0 Å². The van der Waals surface area contributed by atoms with Crippen LogP contribution in [-0.2, 0) is 19.1 Å². The largest absolute Gasteiger partial charge is 0.462 e. The molecule has 2 N–H and O–H groups in total. The number of hydrogen-bond acceptors (Lipinski definition) is 5. The first-order chi connectivity index (χ1) is 7.15. The molecule has 2 rings (SSSR count). The van der Waals surface area contributed by atoms with Gasteiger partial charge in [0.05, 0.1) is 6.42 Å². The summed E-state index contributed by atoms with van der Waals surface area (Å²) in [5.74, 6) is -0.900. The third kappa shape index (κ3) is 3.51. The van der Waals surface area contributed by atoms with E-state index in [1.54, 1.807) is 0 Å². The van der Waals surface area contributed by atoms with Crippen molar-refractivity contribution < 1.29 is 19.1 Å². The van der Waals surface area contributed by atoms with E-state index in [1.165, 1.54) is 0 Å². The van der Waals surface area contributed by atoms with Gasteiger partial charge in [-0.05, 0) is 25.7 Å². The molecular formula is C10H15NO4. The van der Waals surface area contributed by atoms with Crippen LogP contribution in [0.1, 0.15) is 32.1 Å². The fourth-order valence-corrected chi connectivity index (χ4v) is 1.12. The molecule has 0 aliphatic heterocycles. The van der Waals surface area contributed by atoms with Crippen molar-refractivity contribution in [1.82, 2.24) is 0 Å². The van der Waals surface area contributed by atoms with Crippen LogP contribution in [-0.4, -0.2) is 30.2 Å². The molecule has 2 saturated carbocycles. The molecular weight excluding hydrogens is 198 g/mol. The van der Waals surface area contributed by atoms with E-state index in [4.69, 9.17) is 15.2 Å². The first-order valence-corrected chi connectivity index (χ1v) is 5.30. The summed E-state index contributed by atoms with van der Waals surface area (Å²) in [6.45, 7) is 0. The van der Waals surface area contributed by atoms with Gasteiger partial charge in [0, 0.05) is 0 Å². The molecule has 84 valence electrons. The number of carbonyl (C=O) groups is 2. The van der Waals surface area contributed by atoms with Gasteiger partial charge in [-0.25, -0.2) is 0 Å². The zero-order valence-corrected chi connectivity index (χ0v) is 8.48. The van der Waals surface area contributed by atoms with Crippen molar-refractivity contribution in [3.63, 3.8) is 0 Å². The van der Waals surface area contributed by atoms with E-state index in [0.717, 1.165) is 25.7 Å². The summed E-state index contributed by atoms with van der Waals surface area (Å²) in [7, 11) is 0. The third-order valence-electron chi connectivity index (χ3n) is 2.32. The van der Waals surface area contributed by atoms with Crippen molar-refractivity contribution in [2.45, 2.75) is 50.4 Å². The van der Waals surface area contributed by atoms with Crippen molar-refractivity contribution in [2.24, 2.45) is 5.73 Å². The van der Waals surface area contributed by atoms with E-state index in [9.17, 15) is 9.59 Å². The van der Waals surface area contributed by atoms with Crippen LogP contribution in [0, 0.1) is 0 Å². The minimum Gasteiger partial charge on any atom is -0.462 e. The molecule has 0 unspecified atom stereocenters. The Kier molecular flexibility index (Phi) is 2.90. The van der Waals surface area contributed by atoms with Gasteiger partial charge in [0.15, 0.2) is 0 Å². The SMILES string of the molecule is N[C@@H](CC(=O)OC1CC1)C(=O)OC1CC1. The number of nitrogens with two attached hydrogens (primary N) is 1. The van der Waals surface area contributed by atoms with E-state index in [1.807, 2.05) is 0 Å². The van der Waals surface area contributed by atoms with Gasteiger partial charge in [-0.1, -0.05) is 0 Å². The highest BCUT2D eigenvalue weighted by Gasteiger charge is 2.31. The Morgan fingerprint density at radius 3 is 2.20 bits per heavy atom. The quantitative estimate of drug-likeness (QED) is 0.656. The van der Waals surface area contributed by atoms with Gasteiger partial charge >= 0.3 is 11.9 Å². The Morgan fingerprint density at radius 2 is 1.67 bits per heavy atom. The second-order valence-electron chi connectivity index (χ2n) is 4.14. The first-order valence-electron chi connectivity index (χ1n) is 5.30. The molecule has 2 aliphatic carbocycles. The molecule has 0 radical (unpaired) electrons. The third-order valence-corrected chi connectivity index (χ3v) is 2.32. The number of esters is 2. The highest BCUT2D eigenvalue weighted by Crippen LogP contribution is 2.25. The average molecular weight is 213 g/mol. The number of carbonyl (C=O) groups excluding carboxylic acids is 2. The van der Waals surface area contributed by atoms with E-state index in [-0.39, 0.29) is 18.6 Å². The molecule has 0 saturated heterocycles. The predicted octanol–water partition coefficient (Wildman–Crippen LogP) is 0.115. The second kappa shape index (κ2) is 4.18. The molecule has 2 aliphatic rings. The molecule has 0 bridgehead atoms. The van der Waals surface area contributed by atoms with Crippen molar-refractivity contribution >= 4 is 11.9 Å². The van der Waals surface area contributed by atoms with Crippen molar-refractivity contribution in [3.8, 4) is 0 Å². The lowest BCUT2D eigenvalue weighted by Gasteiger charge is -2.10. The zero-order chi connectivity index (χ0) is 10.8. The Bertz CT molecular complexity index is 271. The lowest BCUT2D eigenvalue weighted by Crippen LogP contribution is -2.35. The first kappa shape index (κ1) is 10.4. The summed E-state index contributed by atoms with van der Waals surface area (Å²) in [5.41, 5.74) is 5.51. The van der Waals surface area contributed by atoms with Crippen LogP contribution in [0.3, 0.4) is 0 Å². The maximum atomic E-state index is 11.3. The topological polar surface area (TPSA) is 78.6 Å². The van der Waals surface area contributed by atoms with E-state index >= 15 is 0 Å². The molecule has 2 fully saturated rings. The Hall–Kier alpha value is -1.10. The lowest BCUT2D eigenvalue weighted by atomic mass is 10.2. The van der Waals surface area contributed by atoms with E-state index < -0.39 is 18.0 Å². The maximum absolute atomic E-state index is 11.3. The zero-order valence-electron chi connectivity index (χ0n) is 8.48. The van der Waals surface area contributed by atoms with E-state index in [2.05, 4.69) is 0 Å². The minimum absolute atomic E-state index is 0.0306. The monoisotopic (exact) mass is 213 g/mol. The minimum atomic E-state index is -0.878. The lowest BCUT2D eigenvalue weighted by molar-refractivity contribution is -0.153. The standard InChI is InChI=1S/C10H15NO4/c11-8(10(13)15-7-3-4-7)5-9(12)14-6-1-2-6/h6-8H,1-5,11H2/t8-/m0/s1. The van der Waals surface area contributed by atoms with Gasteiger partial charge in [-0.3, -0.25) is 9.59 Å². The smallest absolute Gasteiger partial charge is 0.323 e. The molecule has 15 heavy (non-hydrogen) atoms. The number of rotatable bonds is 5. The number of hydrogen-bond donors (Lipinski definition) is 1. The maximum Gasteiger partial charge on any atom is 0.323 e. The fraction of sp³-hybridized carbons (Fsp3) is 0.800. The molecule has 5 heteroatoms. The predicted molar refractivity (Wildman–Crippen MR) is 50.8 cm³/mol. The van der Waals surface area contributed by atoms with Gasteiger partial charge < -0.3 is 15.2 Å². The summed E-state index contributed by atoms with van der Waals surface area (Å²) in [6.07, 6.45) is 3.67. The highest BCUT2D eigenvalue weighted by atomic mass is 16.6. The molecule has 1 atom stereocenters. The molecule has 0 aromatic rings. The Morgan fingerprint density at radius 1 is 1.13 bits per heavy atom. The molecule has 0 amide bonds. The Labute approximate surface area is 87.9 Å². The van der Waals surface area contributed by atoms with E-state index in [0.29, 0.717) is 0 Å². The van der Waals surface area contributed by atoms with Crippen molar-refractivity contribution in [3.05, 3.63) is 0 Å². The summed E-state index contributed by atoms with van der Waals surface area (Å²) in [6, 6.07) is -0.878. The van der Waals surface area contributed by atoms with Crippen LogP contribution in [0.15, 0.2) is 0 Å². The van der Waals surface area contributed by atoms with Crippen molar-refractivity contribution in [2.75, 3.05) is 0 Å². The fourth-order valence-electron chi connectivity index (χ4n) is 1.12. The molecule has 0 aromatic carbocycles. The number of ether oxygens (including phenoxy) is 2. The molecule has 0 spiro atoms. The van der Waals surface area contributed by atoms with Crippen LogP contribution < -0.4 is 5.73 Å². The summed E-state index contributed by atoms with van der Waals surface area (Å²) in [4.78, 5) is 22.5. The van der Waals surface area contributed by atoms with Gasteiger partial charge in [-0.15, -0.1) is 0 Å². The average Bonchev–Trinajstić information content (AvgIpc) is 2.98. The molecule has 0 aromatic heterocycles. The summed E-state index contributed by atoms with van der Waals surface area (Å²) in [5, 5.41) is 0. The summed E-state index contributed by atoms with van der Waals surface area (Å²) >= 11 is 0. The second-order valence-corrected chi connectivity index (χ2v) is 4.14. The van der Waals surface area contributed by atoms with Crippen LogP contribution in [0.2, 0.25) is 0 Å². The van der Waals surface area contributed by atoms with Gasteiger partial charge in [0.2, 0.25) is 0 Å². The van der Waals surface area contributed by atoms with Crippen LogP contribution in [0.5, 0.6) is 0 Å². The van der Waals surface area contributed by atoms with Gasteiger partial charge in [0.25, 0.3) is 0 Å². The summed E-state index contributed by atoms with van der Waals surface area (Å²) < 4.78 is 9.95. The van der Waals surface area contributed by atoms with Crippen LogP contribution in [0.4, 0.5) is 0 Å². The van der Waals surface area contributed by atoms with Crippen molar-refractivity contribution in [1.29, 1.82) is 0 Å². The van der Waals surface area contributed by atoms with Crippen LogP contribution in [0.25, 0.3) is 0 Å². The molecule has 0 heterocycles. The molecule has 5 nitrogen and oxygen atoms in total. The highest BCUT2D eigenvalue weighted by molar-refractivity contribution is 5.82.